The molecule has 1 unspecified atom stereocenters. The van der Waals surface area contributed by atoms with E-state index >= 15 is 0 Å². The number of amides is 1. The SMILES string of the molecule is COCC(CO)NC(=O)c1cccnc1Cl. The van der Waals surface area contributed by atoms with Crippen LogP contribution in [0, 0.1) is 0 Å². The van der Waals surface area contributed by atoms with Crippen LogP contribution in [-0.2, 0) is 4.74 Å². The van der Waals surface area contributed by atoms with Crippen molar-refractivity contribution in [3.05, 3.63) is 29.0 Å². The van der Waals surface area contributed by atoms with Gasteiger partial charge in [0.15, 0.2) is 0 Å². The molecule has 1 heterocycles. The van der Waals surface area contributed by atoms with Crippen molar-refractivity contribution < 1.29 is 14.6 Å². The molecule has 1 rings (SSSR count). The smallest absolute Gasteiger partial charge is 0.254 e. The Bertz CT molecular complexity index is 360. The van der Waals surface area contributed by atoms with Gasteiger partial charge in [0.05, 0.1) is 24.8 Å². The molecule has 0 aliphatic heterocycles. The second-order valence-corrected chi connectivity index (χ2v) is 3.51. The normalized spacial score (nSPS) is 12.2. The molecule has 0 spiro atoms. The Morgan fingerprint density at radius 3 is 3.06 bits per heavy atom. The van der Waals surface area contributed by atoms with Crippen LogP contribution in [-0.4, -0.2) is 42.4 Å². The predicted molar refractivity (Wildman–Crippen MR) is 59.5 cm³/mol. The van der Waals surface area contributed by atoms with E-state index in [-0.39, 0.29) is 29.8 Å². The largest absolute Gasteiger partial charge is 0.394 e. The van der Waals surface area contributed by atoms with Gasteiger partial charge in [0.1, 0.15) is 5.15 Å². The molecule has 0 saturated carbocycles. The van der Waals surface area contributed by atoms with Crippen molar-refractivity contribution >= 4 is 17.5 Å². The van der Waals surface area contributed by atoms with Gasteiger partial charge < -0.3 is 15.2 Å². The number of halogens is 1. The highest BCUT2D eigenvalue weighted by atomic mass is 35.5. The van der Waals surface area contributed by atoms with Crippen molar-refractivity contribution in [1.29, 1.82) is 0 Å². The molecular formula is C10H13ClN2O3. The highest BCUT2D eigenvalue weighted by molar-refractivity contribution is 6.32. The maximum absolute atomic E-state index is 11.7. The first kappa shape index (κ1) is 12.9. The Morgan fingerprint density at radius 1 is 1.75 bits per heavy atom. The van der Waals surface area contributed by atoms with Crippen LogP contribution in [0.15, 0.2) is 18.3 Å². The highest BCUT2D eigenvalue weighted by Gasteiger charge is 2.15. The molecule has 0 fully saturated rings. The minimum absolute atomic E-state index is 0.133. The number of ether oxygens (including phenoxy) is 1. The number of nitrogens with one attached hydrogen (secondary N) is 1. The Morgan fingerprint density at radius 2 is 2.50 bits per heavy atom. The quantitative estimate of drug-likeness (QED) is 0.739. The zero-order chi connectivity index (χ0) is 12.0. The molecule has 0 aromatic carbocycles. The van der Waals surface area contributed by atoms with Crippen LogP contribution in [0.3, 0.4) is 0 Å². The van der Waals surface area contributed by atoms with Gasteiger partial charge in [-0.2, -0.15) is 0 Å². The Balaban J connectivity index is 2.68. The van der Waals surface area contributed by atoms with Gasteiger partial charge in [-0.3, -0.25) is 4.79 Å². The number of aliphatic hydroxyl groups is 1. The van der Waals surface area contributed by atoms with Gasteiger partial charge in [-0.15, -0.1) is 0 Å². The number of rotatable bonds is 5. The average Bonchev–Trinajstić information content (AvgIpc) is 2.28. The number of pyridine rings is 1. The zero-order valence-corrected chi connectivity index (χ0v) is 9.57. The summed E-state index contributed by atoms with van der Waals surface area (Å²) < 4.78 is 4.84. The fourth-order valence-corrected chi connectivity index (χ4v) is 1.36. The van der Waals surface area contributed by atoms with Crippen molar-refractivity contribution in [3.63, 3.8) is 0 Å². The molecule has 0 aliphatic rings. The standard InChI is InChI=1S/C10H13ClN2O3/c1-16-6-7(5-14)13-10(15)8-3-2-4-12-9(8)11/h2-4,7,14H,5-6H2,1H3,(H,13,15). The van der Waals surface area contributed by atoms with Crippen LogP contribution in [0.25, 0.3) is 0 Å². The molecule has 5 nitrogen and oxygen atoms in total. The van der Waals surface area contributed by atoms with E-state index in [9.17, 15) is 4.79 Å². The second kappa shape index (κ2) is 6.42. The number of aromatic nitrogens is 1. The maximum Gasteiger partial charge on any atom is 0.254 e. The van der Waals surface area contributed by atoms with Crippen LogP contribution in [0.4, 0.5) is 0 Å². The zero-order valence-electron chi connectivity index (χ0n) is 8.81. The van der Waals surface area contributed by atoms with Gasteiger partial charge in [0, 0.05) is 13.3 Å². The summed E-state index contributed by atoms with van der Waals surface area (Å²) in [6.45, 7) is 0.0393. The molecule has 0 bridgehead atoms. The monoisotopic (exact) mass is 244 g/mol. The first-order valence-corrected chi connectivity index (χ1v) is 5.08. The summed E-state index contributed by atoms with van der Waals surface area (Å²) in [6.07, 6.45) is 1.50. The number of hydrogen-bond acceptors (Lipinski definition) is 4. The molecule has 0 saturated heterocycles. The molecule has 16 heavy (non-hydrogen) atoms. The summed E-state index contributed by atoms with van der Waals surface area (Å²) in [7, 11) is 1.49. The molecule has 1 amide bonds. The second-order valence-electron chi connectivity index (χ2n) is 3.15. The summed E-state index contributed by atoms with van der Waals surface area (Å²) >= 11 is 5.76. The minimum Gasteiger partial charge on any atom is -0.394 e. The van der Waals surface area contributed by atoms with Gasteiger partial charge in [0.2, 0.25) is 0 Å². The number of carbonyl (C=O) groups is 1. The van der Waals surface area contributed by atoms with Gasteiger partial charge in [-0.25, -0.2) is 4.98 Å². The molecule has 1 aromatic rings. The molecule has 88 valence electrons. The maximum atomic E-state index is 11.7. The summed E-state index contributed by atoms with van der Waals surface area (Å²) in [4.78, 5) is 15.5. The van der Waals surface area contributed by atoms with E-state index in [0.717, 1.165) is 0 Å². The minimum atomic E-state index is -0.450. The van der Waals surface area contributed by atoms with Crippen molar-refractivity contribution in [2.45, 2.75) is 6.04 Å². The fraction of sp³-hybridized carbons (Fsp3) is 0.400. The van der Waals surface area contributed by atoms with Crippen LogP contribution in [0.5, 0.6) is 0 Å². The van der Waals surface area contributed by atoms with Crippen LogP contribution in [0.1, 0.15) is 10.4 Å². The lowest BCUT2D eigenvalue weighted by atomic mass is 10.2. The lowest BCUT2D eigenvalue weighted by Crippen LogP contribution is -2.40. The van der Waals surface area contributed by atoms with E-state index < -0.39 is 6.04 Å². The van der Waals surface area contributed by atoms with Crippen molar-refractivity contribution in [2.75, 3.05) is 20.3 Å². The van der Waals surface area contributed by atoms with Crippen LogP contribution < -0.4 is 5.32 Å². The van der Waals surface area contributed by atoms with E-state index in [0.29, 0.717) is 0 Å². The third-order valence-corrected chi connectivity index (χ3v) is 2.23. The van der Waals surface area contributed by atoms with Gasteiger partial charge in [-0.05, 0) is 12.1 Å². The molecule has 2 N–H and O–H groups in total. The van der Waals surface area contributed by atoms with E-state index in [1.54, 1.807) is 12.1 Å². The first-order valence-electron chi connectivity index (χ1n) is 4.70. The molecule has 1 atom stereocenters. The van der Waals surface area contributed by atoms with Gasteiger partial charge >= 0.3 is 0 Å². The topological polar surface area (TPSA) is 71.5 Å². The third kappa shape index (κ3) is 3.44. The van der Waals surface area contributed by atoms with E-state index in [2.05, 4.69) is 10.3 Å². The first-order chi connectivity index (χ1) is 7.69. The Hall–Kier alpha value is -1.17. The molecule has 6 heteroatoms. The van der Waals surface area contributed by atoms with E-state index in [1.807, 2.05) is 0 Å². The highest BCUT2D eigenvalue weighted by Crippen LogP contribution is 2.11. The molecule has 0 radical (unpaired) electrons. The number of hydrogen-bond donors (Lipinski definition) is 2. The number of carbonyl (C=O) groups excluding carboxylic acids is 1. The lowest BCUT2D eigenvalue weighted by molar-refractivity contribution is 0.0839. The molecule has 0 aliphatic carbocycles. The molecule has 1 aromatic heterocycles. The van der Waals surface area contributed by atoms with Crippen molar-refractivity contribution in [1.82, 2.24) is 10.3 Å². The van der Waals surface area contributed by atoms with Crippen LogP contribution in [0.2, 0.25) is 5.15 Å². The van der Waals surface area contributed by atoms with Crippen molar-refractivity contribution in [2.24, 2.45) is 0 Å². The summed E-state index contributed by atoms with van der Waals surface area (Å²) in [5.41, 5.74) is 0.277. The van der Waals surface area contributed by atoms with Gasteiger partial charge in [0.25, 0.3) is 5.91 Å². The third-order valence-electron chi connectivity index (χ3n) is 1.93. The predicted octanol–water partition coefficient (Wildman–Crippen LogP) is 0.472. The Kier molecular flexibility index (Phi) is 5.18. The number of nitrogens with zero attached hydrogens (tertiary/aromatic N) is 1. The van der Waals surface area contributed by atoms with E-state index in [1.165, 1.54) is 13.3 Å². The summed E-state index contributed by atoms with van der Waals surface area (Å²) in [6, 6.07) is 2.73. The number of aliphatic hydroxyl groups excluding tert-OH is 1. The summed E-state index contributed by atoms with van der Waals surface area (Å²) in [5, 5.41) is 11.7. The fourth-order valence-electron chi connectivity index (χ4n) is 1.16. The Labute approximate surface area is 98.4 Å². The average molecular weight is 245 g/mol. The van der Waals surface area contributed by atoms with Gasteiger partial charge in [-0.1, -0.05) is 11.6 Å². The lowest BCUT2D eigenvalue weighted by Gasteiger charge is -2.15. The van der Waals surface area contributed by atoms with Crippen LogP contribution >= 0.6 is 11.6 Å². The number of methoxy groups -OCH3 is 1. The van der Waals surface area contributed by atoms with E-state index in [4.69, 9.17) is 21.4 Å². The van der Waals surface area contributed by atoms with Crippen molar-refractivity contribution in [3.8, 4) is 0 Å². The molecular weight excluding hydrogens is 232 g/mol. The summed E-state index contributed by atoms with van der Waals surface area (Å²) in [5.74, 6) is -0.380.